The molecule has 0 aromatic heterocycles. The predicted molar refractivity (Wildman–Crippen MR) is 109 cm³/mol. The van der Waals surface area contributed by atoms with Crippen LogP contribution in [0.15, 0.2) is 0 Å². The summed E-state index contributed by atoms with van der Waals surface area (Å²) in [6.07, 6.45) is 5.79. The molecule has 0 aromatic carbocycles. The lowest BCUT2D eigenvalue weighted by Gasteiger charge is -2.34. The zero-order valence-corrected chi connectivity index (χ0v) is 16.8. The average molecular weight is 357 g/mol. The Hall–Kier alpha value is -0.240. The summed E-state index contributed by atoms with van der Waals surface area (Å²) in [5.41, 5.74) is 11.7. The summed E-state index contributed by atoms with van der Waals surface area (Å²) in [6, 6.07) is 0.907. The van der Waals surface area contributed by atoms with Crippen molar-refractivity contribution in [2.24, 2.45) is 11.5 Å². The number of nitrogens with one attached hydrogen (secondary N) is 2. The molecule has 1 saturated heterocycles. The Kier molecular flexibility index (Phi) is 13.6. The summed E-state index contributed by atoms with van der Waals surface area (Å²) in [4.78, 5) is 5.21. The Labute approximate surface area is 156 Å². The van der Waals surface area contributed by atoms with Gasteiger partial charge in [-0.3, -0.25) is 0 Å². The predicted octanol–water partition coefficient (Wildman–Crippen LogP) is 0.428. The van der Waals surface area contributed by atoms with Crippen LogP contribution >= 0.6 is 0 Å². The second kappa shape index (κ2) is 14.9. The van der Waals surface area contributed by atoms with Gasteiger partial charge in [0, 0.05) is 38.3 Å². The minimum Gasteiger partial charge on any atom is -0.330 e. The molecular weight excluding hydrogens is 312 g/mol. The Bertz CT molecular complexity index is 292. The Morgan fingerprint density at radius 3 is 2.04 bits per heavy atom. The Morgan fingerprint density at radius 1 is 0.840 bits per heavy atom. The first-order valence-corrected chi connectivity index (χ1v) is 10.5. The molecule has 1 aliphatic rings. The van der Waals surface area contributed by atoms with Crippen molar-refractivity contribution >= 4 is 0 Å². The molecule has 0 bridgehead atoms. The Balaban J connectivity index is 1.94. The highest BCUT2D eigenvalue weighted by Gasteiger charge is 2.16. The molecule has 0 aromatic rings. The molecule has 0 amide bonds. The quantitative estimate of drug-likeness (QED) is 0.319. The van der Waals surface area contributed by atoms with E-state index in [1.165, 1.54) is 52.1 Å². The fourth-order valence-electron chi connectivity index (χ4n) is 3.30. The summed E-state index contributed by atoms with van der Waals surface area (Å²) in [7, 11) is 0. The molecule has 1 fully saturated rings. The van der Waals surface area contributed by atoms with E-state index in [0.29, 0.717) is 12.1 Å². The molecule has 0 aliphatic carbocycles. The van der Waals surface area contributed by atoms with Gasteiger partial charge in [-0.2, -0.15) is 0 Å². The molecule has 150 valence electrons. The van der Waals surface area contributed by atoms with Crippen LogP contribution in [0.4, 0.5) is 0 Å². The summed E-state index contributed by atoms with van der Waals surface area (Å²) in [6.45, 7) is 15.6. The van der Waals surface area contributed by atoms with Gasteiger partial charge in [-0.15, -0.1) is 0 Å². The van der Waals surface area contributed by atoms with Gasteiger partial charge in [0.15, 0.2) is 0 Å². The lowest BCUT2D eigenvalue weighted by Crippen LogP contribution is -2.47. The minimum atomic E-state index is 0.347. The van der Waals surface area contributed by atoms with Gasteiger partial charge in [-0.1, -0.05) is 13.8 Å². The molecule has 1 heterocycles. The Morgan fingerprint density at radius 2 is 1.44 bits per heavy atom. The topological polar surface area (TPSA) is 82.6 Å². The maximum absolute atomic E-state index is 6.22. The molecule has 1 atom stereocenters. The number of nitrogens with zero attached hydrogens (tertiary/aromatic N) is 2. The largest absolute Gasteiger partial charge is 0.330 e. The first kappa shape index (κ1) is 22.8. The number of nitrogens with two attached hydrogens (primary N) is 2. The molecule has 0 spiro atoms. The average Bonchev–Trinajstić information content (AvgIpc) is 2.59. The van der Waals surface area contributed by atoms with Crippen LogP contribution in [-0.4, -0.2) is 87.3 Å². The van der Waals surface area contributed by atoms with E-state index in [2.05, 4.69) is 34.3 Å². The van der Waals surface area contributed by atoms with Crippen LogP contribution < -0.4 is 22.1 Å². The van der Waals surface area contributed by atoms with Crippen LogP contribution in [0.2, 0.25) is 0 Å². The van der Waals surface area contributed by atoms with E-state index in [9.17, 15) is 0 Å². The van der Waals surface area contributed by atoms with E-state index in [1.54, 1.807) is 0 Å². The van der Waals surface area contributed by atoms with Crippen LogP contribution in [0, 0.1) is 0 Å². The number of rotatable bonds is 15. The van der Waals surface area contributed by atoms with Gasteiger partial charge in [0.05, 0.1) is 0 Å². The summed E-state index contributed by atoms with van der Waals surface area (Å²) in [5.74, 6) is 0. The standard InChI is InChI=1S/C19H44N6/c1-18(2)23-11-7-19(21)6-3-12-24-14-16-25(17-15-24)13-5-10-22-9-4-8-20/h18-19,22-23H,3-17,20-21H2,1-2H3. The molecule has 0 radical (unpaired) electrons. The first-order chi connectivity index (χ1) is 12.1. The second-order valence-electron chi connectivity index (χ2n) is 7.73. The van der Waals surface area contributed by atoms with Crippen molar-refractivity contribution < 1.29 is 0 Å². The fourth-order valence-corrected chi connectivity index (χ4v) is 3.30. The molecule has 1 unspecified atom stereocenters. The van der Waals surface area contributed by atoms with E-state index < -0.39 is 0 Å². The molecule has 1 aliphatic heterocycles. The zero-order valence-electron chi connectivity index (χ0n) is 16.8. The maximum atomic E-state index is 6.22. The van der Waals surface area contributed by atoms with Gasteiger partial charge >= 0.3 is 0 Å². The van der Waals surface area contributed by atoms with Crippen molar-refractivity contribution in [1.82, 2.24) is 20.4 Å². The third-order valence-electron chi connectivity index (χ3n) is 4.97. The molecule has 0 saturated carbocycles. The van der Waals surface area contributed by atoms with Crippen molar-refractivity contribution in [2.45, 2.75) is 58.0 Å². The van der Waals surface area contributed by atoms with Crippen LogP contribution in [0.1, 0.15) is 46.0 Å². The third kappa shape index (κ3) is 12.7. The van der Waals surface area contributed by atoms with Gasteiger partial charge in [0.1, 0.15) is 0 Å². The van der Waals surface area contributed by atoms with Gasteiger partial charge in [-0.05, 0) is 71.4 Å². The van der Waals surface area contributed by atoms with Crippen molar-refractivity contribution in [2.75, 3.05) is 65.4 Å². The monoisotopic (exact) mass is 356 g/mol. The fraction of sp³-hybridized carbons (Fsp3) is 1.00. The van der Waals surface area contributed by atoms with Crippen LogP contribution in [0.3, 0.4) is 0 Å². The molecule has 6 nitrogen and oxygen atoms in total. The highest BCUT2D eigenvalue weighted by Crippen LogP contribution is 2.06. The van der Waals surface area contributed by atoms with Crippen LogP contribution in [0.25, 0.3) is 0 Å². The van der Waals surface area contributed by atoms with E-state index in [-0.39, 0.29) is 0 Å². The van der Waals surface area contributed by atoms with Crippen molar-refractivity contribution in [3.8, 4) is 0 Å². The number of hydrogen-bond donors (Lipinski definition) is 4. The van der Waals surface area contributed by atoms with Crippen LogP contribution in [0.5, 0.6) is 0 Å². The zero-order chi connectivity index (χ0) is 18.3. The summed E-state index contributed by atoms with van der Waals surface area (Å²) >= 11 is 0. The van der Waals surface area contributed by atoms with Gasteiger partial charge in [0.25, 0.3) is 0 Å². The van der Waals surface area contributed by atoms with E-state index >= 15 is 0 Å². The molecule has 6 N–H and O–H groups in total. The van der Waals surface area contributed by atoms with Crippen molar-refractivity contribution in [3.63, 3.8) is 0 Å². The normalized spacial score (nSPS) is 18.1. The van der Waals surface area contributed by atoms with Gasteiger partial charge in [0.2, 0.25) is 0 Å². The lowest BCUT2D eigenvalue weighted by molar-refractivity contribution is 0.129. The van der Waals surface area contributed by atoms with Gasteiger partial charge in [-0.25, -0.2) is 0 Å². The van der Waals surface area contributed by atoms with Crippen molar-refractivity contribution in [1.29, 1.82) is 0 Å². The van der Waals surface area contributed by atoms with E-state index in [0.717, 1.165) is 45.4 Å². The highest BCUT2D eigenvalue weighted by molar-refractivity contribution is 4.73. The second-order valence-corrected chi connectivity index (χ2v) is 7.73. The molecular formula is C19H44N6. The van der Waals surface area contributed by atoms with Gasteiger partial charge < -0.3 is 31.9 Å². The maximum Gasteiger partial charge on any atom is 0.0110 e. The first-order valence-electron chi connectivity index (χ1n) is 10.5. The number of hydrogen-bond acceptors (Lipinski definition) is 6. The molecule has 1 rings (SSSR count). The number of piperazine rings is 1. The summed E-state index contributed by atoms with van der Waals surface area (Å²) < 4.78 is 0. The molecule has 25 heavy (non-hydrogen) atoms. The smallest absolute Gasteiger partial charge is 0.0110 e. The third-order valence-corrected chi connectivity index (χ3v) is 4.97. The minimum absolute atomic E-state index is 0.347. The summed E-state index contributed by atoms with van der Waals surface area (Å²) in [5, 5.41) is 6.91. The van der Waals surface area contributed by atoms with E-state index in [1.807, 2.05) is 0 Å². The SMILES string of the molecule is CC(C)NCCC(N)CCCN1CCN(CCCNCCCN)CC1. The lowest BCUT2D eigenvalue weighted by atomic mass is 10.1. The van der Waals surface area contributed by atoms with E-state index in [4.69, 9.17) is 11.5 Å². The van der Waals surface area contributed by atoms with Crippen molar-refractivity contribution in [3.05, 3.63) is 0 Å². The molecule has 6 heteroatoms. The highest BCUT2D eigenvalue weighted by atomic mass is 15.3. The van der Waals surface area contributed by atoms with Crippen LogP contribution in [-0.2, 0) is 0 Å².